The van der Waals surface area contributed by atoms with Gasteiger partial charge in [0.25, 0.3) is 5.22 Å². The predicted molar refractivity (Wildman–Crippen MR) is 76.5 cm³/mol. The topological polar surface area (TPSA) is 63.3 Å². The SMILES string of the molecule is Cc1nc(SCc2cc(/C=C/C(=O)O)cs2)oc1C. The maximum absolute atomic E-state index is 10.4. The summed E-state index contributed by atoms with van der Waals surface area (Å²) in [6.07, 6.45) is 2.73. The molecule has 0 saturated carbocycles. The van der Waals surface area contributed by atoms with Crippen molar-refractivity contribution in [1.29, 1.82) is 0 Å². The predicted octanol–water partition coefficient (Wildman–Crippen LogP) is 3.74. The molecule has 0 radical (unpaired) electrons. The molecule has 2 rings (SSSR count). The first-order chi connectivity index (χ1) is 9.04. The van der Waals surface area contributed by atoms with Crippen LogP contribution in [-0.4, -0.2) is 16.1 Å². The van der Waals surface area contributed by atoms with Crippen LogP contribution in [0.15, 0.2) is 27.2 Å². The van der Waals surface area contributed by atoms with E-state index in [1.165, 1.54) is 11.8 Å². The molecule has 2 heterocycles. The minimum Gasteiger partial charge on any atom is -0.478 e. The van der Waals surface area contributed by atoms with Gasteiger partial charge in [-0.2, -0.15) is 0 Å². The van der Waals surface area contributed by atoms with Crippen molar-refractivity contribution in [3.8, 4) is 0 Å². The van der Waals surface area contributed by atoms with E-state index in [2.05, 4.69) is 4.98 Å². The summed E-state index contributed by atoms with van der Waals surface area (Å²) in [5, 5.41) is 11.2. The number of carboxylic acids is 1. The second kappa shape index (κ2) is 6.08. The standard InChI is InChI=1S/C13H13NO3S2/c1-8-9(2)17-13(14-8)19-7-11-5-10(6-18-11)3-4-12(15)16/h3-6H,7H2,1-2H3,(H,15,16)/b4-3+. The number of hydrogen-bond donors (Lipinski definition) is 1. The lowest BCUT2D eigenvalue weighted by molar-refractivity contribution is -0.131. The summed E-state index contributed by atoms with van der Waals surface area (Å²) in [6.45, 7) is 3.81. The number of thiophene rings is 1. The average Bonchev–Trinajstić information content (AvgIpc) is 2.92. The lowest BCUT2D eigenvalue weighted by atomic mass is 10.3. The number of thioether (sulfide) groups is 1. The van der Waals surface area contributed by atoms with Gasteiger partial charge in [-0.1, -0.05) is 11.8 Å². The molecule has 0 bridgehead atoms. The number of rotatable bonds is 5. The molecular weight excluding hydrogens is 282 g/mol. The first-order valence-electron chi connectivity index (χ1n) is 5.60. The van der Waals surface area contributed by atoms with Crippen molar-refractivity contribution in [3.63, 3.8) is 0 Å². The average molecular weight is 295 g/mol. The van der Waals surface area contributed by atoms with Crippen LogP contribution in [0.5, 0.6) is 0 Å². The summed E-state index contributed by atoms with van der Waals surface area (Å²) in [5.41, 5.74) is 1.82. The highest BCUT2D eigenvalue weighted by Gasteiger charge is 2.07. The van der Waals surface area contributed by atoms with E-state index in [4.69, 9.17) is 9.52 Å². The summed E-state index contributed by atoms with van der Waals surface area (Å²) in [4.78, 5) is 15.9. The molecule has 0 aliphatic carbocycles. The quantitative estimate of drug-likeness (QED) is 0.672. The Morgan fingerprint density at radius 3 is 3.00 bits per heavy atom. The van der Waals surface area contributed by atoms with E-state index in [1.807, 2.05) is 25.3 Å². The Morgan fingerprint density at radius 2 is 2.37 bits per heavy atom. The molecule has 4 nitrogen and oxygen atoms in total. The van der Waals surface area contributed by atoms with Crippen molar-refractivity contribution in [1.82, 2.24) is 4.98 Å². The first kappa shape index (κ1) is 13.9. The van der Waals surface area contributed by atoms with Gasteiger partial charge in [-0.25, -0.2) is 9.78 Å². The summed E-state index contributed by atoms with van der Waals surface area (Å²) in [5.74, 6) is 0.678. The van der Waals surface area contributed by atoms with Crippen molar-refractivity contribution >= 4 is 35.1 Å². The maximum Gasteiger partial charge on any atom is 0.328 e. The number of hydrogen-bond acceptors (Lipinski definition) is 5. The monoisotopic (exact) mass is 295 g/mol. The third-order valence-corrected chi connectivity index (χ3v) is 4.45. The van der Waals surface area contributed by atoms with E-state index in [9.17, 15) is 4.79 Å². The molecule has 1 N–H and O–H groups in total. The van der Waals surface area contributed by atoms with Crippen LogP contribution in [-0.2, 0) is 10.5 Å². The van der Waals surface area contributed by atoms with Crippen LogP contribution in [0.2, 0.25) is 0 Å². The number of oxazole rings is 1. The fraction of sp³-hybridized carbons (Fsp3) is 0.231. The van der Waals surface area contributed by atoms with Crippen LogP contribution in [0, 0.1) is 13.8 Å². The highest BCUT2D eigenvalue weighted by molar-refractivity contribution is 7.98. The lowest BCUT2D eigenvalue weighted by Crippen LogP contribution is -1.84. The number of aryl methyl sites for hydroxylation is 2. The highest BCUT2D eigenvalue weighted by atomic mass is 32.2. The number of nitrogens with zero attached hydrogens (tertiary/aromatic N) is 1. The number of carboxylic acid groups (broad SMARTS) is 1. The molecule has 6 heteroatoms. The van der Waals surface area contributed by atoms with Crippen LogP contribution in [0.4, 0.5) is 0 Å². The zero-order valence-electron chi connectivity index (χ0n) is 10.5. The van der Waals surface area contributed by atoms with Gasteiger partial charge in [0.2, 0.25) is 0 Å². The minimum absolute atomic E-state index is 0.672. The maximum atomic E-state index is 10.4. The molecule has 0 aromatic carbocycles. The van der Waals surface area contributed by atoms with E-state index in [0.717, 1.165) is 33.7 Å². The van der Waals surface area contributed by atoms with Gasteiger partial charge in [0.1, 0.15) is 5.76 Å². The summed E-state index contributed by atoms with van der Waals surface area (Å²) >= 11 is 3.14. The molecule has 2 aromatic heterocycles. The molecule has 19 heavy (non-hydrogen) atoms. The van der Waals surface area contributed by atoms with E-state index >= 15 is 0 Å². The number of aliphatic carboxylic acids is 1. The van der Waals surface area contributed by atoms with Gasteiger partial charge in [-0.3, -0.25) is 0 Å². The van der Waals surface area contributed by atoms with Crippen LogP contribution in [0.1, 0.15) is 21.9 Å². The molecule has 0 atom stereocenters. The molecule has 0 aliphatic heterocycles. The van der Waals surface area contributed by atoms with Crippen LogP contribution in [0.3, 0.4) is 0 Å². The van der Waals surface area contributed by atoms with Crippen LogP contribution in [0.25, 0.3) is 6.08 Å². The lowest BCUT2D eigenvalue weighted by Gasteiger charge is -1.92. The van der Waals surface area contributed by atoms with E-state index < -0.39 is 5.97 Å². The van der Waals surface area contributed by atoms with Crippen molar-refractivity contribution in [3.05, 3.63) is 39.4 Å². The van der Waals surface area contributed by atoms with E-state index in [1.54, 1.807) is 17.4 Å². The second-order valence-corrected chi connectivity index (χ2v) is 5.85. The molecule has 2 aromatic rings. The van der Waals surface area contributed by atoms with Crippen molar-refractivity contribution in [2.75, 3.05) is 0 Å². The minimum atomic E-state index is -0.937. The molecule has 100 valence electrons. The third-order valence-electron chi connectivity index (χ3n) is 2.44. The summed E-state index contributed by atoms with van der Waals surface area (Å²) in [7, 11) is 0. The Bertz CT molecular complexity index is 594. The Balaban J connectivity index is 1.95. The zero-order chi connectivity index (χ0) is 13.8. The smallest absolute Gasteiger partial charge is 0.328 e. The highest BCUT2D eigenvalue weighted by Crippen LogP contribution is 2.27. The largest absolute Gasteiger partial charge is 0.478 e. The molecule has 0 spiro atoms. The van der Waals surface area contributed by atoms with Gasteiger partial charge in [-0.15, -0.1) is 11.3 Å². The van der Waals surface area contributed by atoms with Crippen molar-refractivity contribution in [2.24, 2.45) is 0 Å². The van der Waals surface area contributed by atoms with Gasteiger partial charge in [0.15, 0.2) is 0 Å². The Labute approximate surface area is 119 Å². The van der Waals surface area contributed by atoms with Crippen LogP contribution >= 0.6 is 23.1 Å². The summed E-state index contributed by atoms with van der Waals surface area (Å²) in [6, 6.07) is 1.97. The molecule has 0 amide bonds. The third kappa shape index (κ3) is 3.97. The fourth-order valence-corrected chi connectivity index (χ4v) is 3.19. The zero-order valence-corrected chi connectivity index (χ0v) is 12.2. The summed E-state index contributed by atoms with van der Waals surface area (Å²) < 4.78 is 5.49. The fourth-order valence-electron chi connectivity index (χ4n) is 1.37. The Kier molecular flexibility index (Phi) is 4.44. The van der Waals surface area contributed by atoms with Gasteiger partial charge < -0.3 is 9.52 Å². The molecular formula is C13H13NO3S2. The van der Waals surface area contributed by atoms with Crippen molar-refractivity contribution in [2.45, 2.75) is 24.8 Å². The van der Waals surface area contributed by atoms with Gasteiger partial charge >= 0.3 is 5.97 Å². The molecule has 0 aliphatic rings. The van der Waals surface area contributed by atoms with Gasteiger partial charge in [-0.05, 0) is 36.9 Å². The van der Waals surface area contributed by atoms with Gasteiger partial charge in [0.05, 0.1) is 5.69 Å². The number of carbonyl (C=O) groups is 1. The second-order valence-electron chi connectivity index (χ2n) is 3.93. The van der Waals surface area contributed by atoms with Crippen molar-refractivity contribution < 1.29 is 14.3 Å². The molecule has 0 unspecified atom stereocenters. The van der Waals surface area contributed by atoms with Gasteiger partial charge in [0, 0.05) is 16.7 Å². The molecule has 0 saturated heterocycles. The van der Waals surface area contributed by atoms with E-state index in [0.29, 0.717) is 5.22 Å². The van der Waals surface area contributed by atoms with E-state index in [-0.39, 0.29) is 0 Å². The molecule has 0 fully saturated rings. The Hall–Kier alpha value is -1.53. The first-order valence-corrected chi connectivity index (χ1v) is 7.46. The number of aromatic nitrogens is 1. The normalized spacial score (nSPS) is 11.3. The van der Waals surface area contributed by atoms with Crippen LogP contribution < -0.4 is 0 Å². The Morgan fingerprint density at radius 1 is 1.58 bits per heavy atom.